The number of aliphatic hydroxyl groups excluding tert-OH is 1. The van der Waals surface area contributed by atoms with Gasteiger partial charge in [-0.25, -0.2) is 0 Å². The molecule has 0 aliphatic heterocycles. The highest BCUT2D eigenvalue weighted by atomic mass is 16.3. The van der Waals surface area contributed by atoms with E-state index in [-0.39, 0.29) is 6.10 Å². The average molecular weight is 301 g/mol. The lowest BCUT2D eigenvalue weighted by molar-refractivity contribution is 0.0266. The normalized spacial score (nSPS) is 26.7. The monoisotopic (exact) mass is 300 g/mol. The fraction of sp³-hybridized carbons (Fsp3) is 1.00. The van der Waals surface area contributed by atoms with Crippen LogP contribution in [0.1, 0.15) is 87.0 Å². The number of hydrogen-bond donors (Lipinski definition) is 2. The zero-order valence-electron chi connectivity index (χ0n) is 15.5. The maximum Gasteiger partial charge on any atom is 0.0591 e. The van der Waals surface area contributed by atoms with Crippen LogP contribution in [0.5, 0.6) is 0 Å². The van der Waals surface area contributed by atoms with Crippen LogP contribution >= 0.6 is 0 Å². The van der Waals surface area contributed by atoms with Gasteiger partial charge in [0.15, 0.2) is 0 Å². The molecule has 0 spiro atoms. The van der Waals surface area contributed by atoms with Crippen molar-refractivity contribution in [3.63, 3.8) is 0 Å². The Balaban J connectivity index is 0.000000384. The molecule has 1 aliphatic carbocycles. The molecule has 0 aromatic heterocycles. The second-order valence-corrected chi connectivity index (χ2v) is 8.49. The summed E-state index contributed by atoms with van der Waals surface area (Å²) >= 11 is 0. The standard InChI is InChI=1S/C10H20O.C9H20O/c1-7(2)9-5-4-8(3)6-10(9)11;1-8(2)6-5-7-9(3,4)10/h7-11H,4-6H2,1-3H3;8,10H,5-7H2,1-4H3. The Labute approximate surface area is 133 Å². The molecular formula is C19H40O2. The Morgan fingerprint density at radius 3 is 2.05 bits per heavy atom. The smallest absolute Gasteiger partial charge is 0.0591 e. The van der Waals surface area contributed by atoms with Gasteiger partial charge in [0.25, 0.3) is 0 Å². The molecule has 1 rings (SSSR count). The van der Waals surface area contributed by atoms with Gasteiger partial charge in [0.05, 0.1) is 11.7 Å². The molecule has 128 valence electrons. The van der Waals surface area contributed by atoms with Crippen molar-refractivity contribution in [2.24, 2.45) is 23.7 Å². The molecule has 1 fully saturated rings. The molecule has 21 heavy (non-hydrogen) atoms. The third-order valence-corrected chi connectivity index (χ3v) is 4.56. The van der Waals surface area contributed by atoms with E-state index in [1.54, 1.807) is 0 Å². The first-order valence-corrected chi connectivity index (χ1v) is 8.93. The third-order valence-electron chi connectivity index (χ3n) is 4.56. The summed E-state index contributed by atoms with van der Waals surface area (Å²) in [7, 11) is 0. The molecule has 0 heterocycles. The van der Waals surface area contributed by atoms with E-state index in [1.807, 2.05) is 13.8 Å². The van der Waals surface area contributed by atoms with E-state index in [0.29, 0.717) is 11.8 Å². The van der Waals surface area contributed by atoms with Gasteiger partial charge in [0.1, 0.15) is 0 Å². The summed E-state index contributed by atoms with van der Waals surface area (Å²) in [6.07, 6.45) is 6.80. The van der Waals surface area contributed by atoms with E-state index in [4.69, 9.17) is 0 Å². The Morgan fingerprint density at radius 1 is 1.10 bits per heavy atom. The Kier molecular flexibility index (Phi) is 9.80. The SMILES string of the molecule is CC(C)CCCC(C)(C)O.CC1CCC(C(C)C)C(O)C1. The van der Waals surface area contributed by atoms with Gasteiger partial charge in [-0.15, -0.1) is 0 Å². The van der Waals surface area contributed by atoms with Gasteiger partial charge in [-0.2, -0.15) is 0 Å². The first-order chi connectivity index (χ1) is 9.53. The van der Waals surface area contributed by atoms with Crippen LogP contribution in [-0.2, 0) is 0 Å². The molecular weight excluding hydrogens is 260 g/mol. The first kappa shape index (κ1) is 20.9. The molecule has 0 radical (unpaired) electrons. The van der Waals surface area contributed by atoms with Gasteiger partial charge in [-0.1, -0.05) is 53.9 Å². The molecule has 0 amide bonds. The Bertz CT molecular complexity index is 253. The van der Waals surface area contributed by atoms with E-state index in [9.17, 15) is 10.2 Å². The van der Waals surface area contributed by atoms with Crippen LogP contribution in [0, 0.1) is 23.7 Å². The maximum atomic E-state index is 9.71. The second-order valence-electron chi connectivity index (χ2n) is 8.49. The van der Waals surface area contributed by atoms with Gasteiger partial charge in [-0.3, -0.25) is 0 Å². The zero-order chi connectivity index (χ0) is 16.6. The van der Waals surface area contributed by atoms with Gasteiger partial charge in [-0.05, 0) is 56.8 Å². The molecule has 0 aromatic carbocycles. The molecule has 0 saturated heterocycles. The van der Waals surface area contributed by atoms with Crippen molar-refractivity contribution in [1.82, 2.24) is 0 Å². The van der Waals surface area contributed by atoms with Crippen LogP contribution in [0.15, 0.2) is 0 Å². The molecule has 3 unspecified atom stereocenters. The predicted molar refractivity (Wildman–Crippen MR) is 92.3 cm³/mol. The summed E-state index contributed by atoms with van der Waals surface area (Å²) in [4.78, 5) is 0. The maximum absolute atomic E-state index is 9.71. The quantitative estimate of drug-likeness (QED) is 0.748. The Morgan fingerprint density at radius 2 is 1.67 bits per heavy atom. The second kappa shape index (κ2) is 9.84. The molecule has 0 bridgehead atoms. The van der Waals surface area contributed by atoms with E-state index < -0.39 is 5.60 Å². The van der Waals surface area contributed by atoms with Crippen molar-refractivity contribution in [3.05, 3.63) is 0 Å². The highest BCUT2D eigenvalue weighted by Gasteiger charge is 2.28. The van der Waals surface area contributed by atoms with Crippen LogP contribution in [0.4, 0.5) is 0 Å². The molecule has 1 aliphatic rings. The average Bonchev–Trinajstić information content (AvgIpc) is 2.26. The predicted octanol–water partition coefficient (Wildman–Crippen LogP) is 5.02. The fourth-order valence-corrected chi connectivity index (χ4v) is 3.09. The number of hydrogen-bond acceptors (Lipinski definition) is 2. The lowest BCUT2D eigenvalue weighted by atomic mass is 9.75. The summed E-state index contributed by atoms with van der Waals surface area (Å²) in [5, 5.41) is 19.0. The molecule has 2 nitrogen and oxygen atoms in total. The summed E-state index contributed by atoms with van der Waals surface area (Å²) in [6.45, 7) is 14.8. The van der Waals surface area contributed by atoms with Gasteiger partial charge >= 0.3 is 0 Å². The van der Waals surface area contributed by atoms with Crippen molar-refractivity contribution in [3.8, 4) is 0 Å². The highest BCUT2D eigenvalue weighted by Crippen LogP contribution is 2.33. The molecule has 2 heteroatoms. The van der Waals surface area contributed by atoms with Crippen LogP contribution in [0.2, 0.25) is 0 Å². The van der Waals surface area contributed by atoms with Gasteiger partial charge in [0, 0.05) is 0 Å². The third kappa shape index (κ3) is 11.2. The van der Waals surface area contributed by atoms with Crippen molar-refractivity contribution in [2.75, 3.05) is 0 Å². The number of aliphatic hydroxyl groups is 2. The van der Waals surface area contributed by atoms with Crippen molar-refractivity contribution >= 4 is 0 Å². The number of rotatable bonds is 5. The lowest BCUT2D eigenvalue weighted by Crippen LogP contribution is -2.31. The van der Waals surface area contributed by atoms with Gasteiger partial charge in [0.2, 0.25) is 0 Å². The molecule has 2 N–H and O–H groups in total. The first-order valence-electron chi connectivity index (χ1n) is 8.93. The van der Waals surface area contributed by atoms with E-state index in [2.05, 4.69) is 34.6 Å². The van der Waals surface area contributed by atoms with Crippen LogP contribution in [0.25, 0.3) is 0 Å². The molecule has 0 aromatic rings. The van der Waals surface area contributed by atoms with Crippen LogP contribution in [-0.4, -0.2) is 21.9 Å². The van der Waals surface area contributed by atoms with Gasteiger partial charge < -0.3 is 10.2 Å². The summed E-state index contributed by atoms with van der Waals surface area (Å²) in [5.41, 5.74) is -0.463. The lowest BCUT2D eigenvalue weighted by Gasteiger charge is -2.33. The van der Waals surface area contributed by atoms with E-state index in [0.717, 1.165) is 31.1 Å². The zero-order valence-corrected chi connectivity index (χ0v) is 15.5. The Hall–Kier alpha value is -0.0800. The molecule has 1 saturated carbocycles. The van der Waals surface area contributed by atoms with Crippen molar-refractivity contribution in [1.29, 1.82) is 0 Å². The highest BCUT2D eigenvalue weighted by molar-refractivity contribution is 4.79. The van der Waals surface area contributed by atoms with Crippen LogP contribution in [0.3, 0.4) is 0 Å². The van der Waals surface area contributed by atoms with Crippen LogP contribution < -0.4 is 0 Å². The topological polar surface area (TPSA) is 40.5 Å². The largest absolute Gasteiger partial charge is 0.393 e. The summed E-state index contributed by atoms with van der Waals surface area (Å²) < 4.78 is 0. The van der Waals surface area contributed by atoms with E-state index in [1.165, 1.54) is 19.3 Å². The van der Waals surface area contributed by atoms with E-state index >= 15 is 0 Å². The minimum absolute atomic E-state index is 0.0289. The fourth-order valence-electron chi connectivity index (χ4n) is 3.09. The minimum atomic E-state index is -0.463. The van der Waals surface area contributed by atoms with Crippen molar-refractivity contribution < 1.29 is 10.2 Å². The molecule has 3 atom stereocenters. The summed E-state index contributed by atoms with van der Waals surface area (Å²) in [5.74, 6) is 2.71. The summed E-state index contributed by atoms with van der Waals surface area (Å²) in [6, 6.07) is 0. The minimum Gasteiger partial charge on any atom is -0.393 e. The van der Waals surface area contributed by atoms with Crippen molar-refractivity contribution in [2.45, 2.75) is 98.7 Å².